The third kappa shape index (κ3) is 5.49. The van der Waals surface area contributed by atoms with Crippen LogP contribution in [0.25, 0.3) is 0 Å². The second-order valence-corrected chi connectivity index (χ2v) is 6.24. The molecule has 0 aliphatic rings. The van der Waals surface area contributed by atoms with Gasteiger partial charge in [-0.05, 0) is 37.6 Å². The van der Waals surface area contributed by atoms with Crippen molar-refractivity contribution in [3.63, 3.8) is 0 Å². The Kier molecular flexibility index (Phi) is 7.64. The lowest BCUT2D eigenvalue weighted by atomic mass is 10.0. The van der Waals surface area contributed by atoms with Gasteiger partial charge in [0.15, 0.2) is 0 Å². The molecule has 1 atom stereocenters. The molecule has 0 aliphatic heterocycles. The van der Waals surface area contributed by atoms with Crippen molar-refractivity contribution >= 4 is 17.3 Å². The molecule has 0 fully saturated rings. The van der Waals surface area contributed by atoms with Crippen LogP contribution in [0.4, 0.5) is 11.4 Å². The molecule has 0 aliphatic carbocycles. The molecule has 24 heavy (non-hydrogen) atoms. The zero-order valence-corrected chi connectivity index (χ0v) is 14.9. The number of nitrogens with zero attached hydrogens (tertiary/aromatic N) is 2. The van der Waals surface area contributed by atoms with E-state index in [4.69, 9.17) is 5.73 Å². The molecule has 1 unspecified atom stereocenters. The lowest BCUT2D eigenvalue weighted by molar-refractivity contribution is -0.384. The van der Waals surface area contributed by atoms with Gasteiger partial charge in [0, 0.05) is 24.2 Å². The van der Waals surface area contributed by atoms with Crippen LogP contribution >= 0.6 is 0 Å². The van der Waals surface area contributed by atoms with Gasteiger partial charge in [-0.3, -0.25) is 19.8 Å². The monoisotopic (exact) mass is 336 g/mol. The van der Waals surface area contributed by atoms with Crippen LogP contribution in [-0.2, 0) is 0 Å². The Balaban J connectivity index is 2.97. The van der Waals surface area contributed by atoms with Crippen molar-refractivity contribution in [3.8, 4) is 0 Å². The highest BCUT2D eigenvalue weighted by Gasteiger charge is 2.20. The van der Waals surface area contributed by atoms with Gasteiger partial charge in [-0.25, -0.2) is 0 Å². The van der Waals surface area contributed by atoms with Crippen molar-refractivity contribution in [2.45, 2.75) is 40.2 Å². The van der Waals surface area contributed by atoms with E-state index in [1.807, 2.05) is 0 Å². The Morgan fingerprint density at radius 2 is 1.96 bits per heavy atom. The number of benzene rings is 1. The zero-order valence-electron chi connectivity index (χ0n) is 14.9. The van der Waals surface area contributed by atoms with Crippen molar-refractivity contribution in [2.75, 3.05) is 25.0 Å². The molecular formula is C17H28N4O3. The van der Waals surface area contributed by atoms with Gasteiger partial charge in [0.1, 0.15) is 5.69 Å². The van der Waals surface area contributed by atoms with Crippen LogP contribution in [0.2, 0.25) is 0 Å². The second-order valence-electron chi connectivity index (χ2n) is 6.24. The maximum Gasteiger partial charge on any atom is 0.293 e. The first-order chi connectivity index (χ1) is 11.3. The summed E-state index contributed by atoms with van der Waals surface area (Å²) in [6, 6.07) is 4.56. The summed E-state index contributed by atoms with van der Waals surface area (Å²) in [5.41, 5.74) is 5.61. The number of primary amides is 1. The lowest BCUT2D eigenvalue weighted by Gasteiger charge is -2.31. The number of amides is 1. The number of hydrogen-bond donors (Lipinski definition) is 2. The highest BCUT2D eigenvalue weighted by atomic mass is 16.6. The summed E-state index contributed by atoms with van der Waals surface area (Å²) in [5, 5.41) is 14.4. The van der Waals surface area contributed by atoms with Gasteiger partial charge in [0.2, 0.25) is 5.91 Å². The minimum atomic E-state index is -0.675. The number of nitrogens with two attached hydrogens (primary N) is 1. The molecular weight excluding hydrogens is 308 g/mol. The zero-order chi connectivity index (χ0) is 18.3. The number of nitrogens with one attached hydrogen (secondary N) is 1. The quantitative estimate of drug-likeness (QED) is 0.505. The van der Waals surface area contributed by atoms with E-state index in [-0.39, 0.29) is 17.3 Å². The van der Waals surface area contributed by atoms with E-state index in [0.29, 0.717) is 18.2 Å². The predicted octanol–water partition coefficient (Wildman–Crippen LogP) is 2.86. The molecule has 0 saturated carbocycles. The summed E-state index contributed by atoms with van der Waals surface area (Å²) in [4.78, 5) is 24.3. The summed E-state index contributed by atoms with van der Waals surface area (Å²) in [6.45, 7) is 11.0. The average Bonchev–Trinajstić information content (AvgIpc) is 2.52. The standard InChI is InChI=1S/C17H28N4O3/c1-5-20(6-2)14(9-12(3)4)11-19-15-8-7-13(17(18)22)10-16(15)21(23)24/h7-8,10,12,14,19H,5-6,9,11H2,1-4H3,(H2,18,22). The molecule has 0 spiro atoms. The SMILES string of the molecule is CCN(CC)C(CNc1ccc(C(N)=O)cc1[N+](=O)[O-])CC(C)C. The van der Waals surface area contributed by atoms with E-state index in [9.17, 15) is 14.9 Å². The molecule has 0 heterocycles. The molecule has 1 rings (SSSR count). The smallest absolute Gasteiger partial charge is 0.293 e. The number of carbonyl (C=O) groups is 1. The number of carbonyl (C=O) groups excluding carboxylic acids is 1. The summed E-state index contributed by atoms with van der Waals surface area (Å²) in [6.07, 6.45) is 1.00. The van der Waals surface area contributed by atoms with Gasteiger partial charge in [0.05, 0.1) is 4.92 Å². The summed E-state index contributed by atoms with van der Waals surface area (Å²) in [5.74, 6) is -0.143. The number of anilines is 1. The van der Waals surface area contributed by atoms with Crippen LogP contribution in [0.3, 0.4) is 0 Å². The fourth-order valence-electron chi connectivity index (χ4n) is 2.86. The van der Waals surface area contributed by atoms with E-state index < -0.39 is 10.8 Å². The van der Waals surface area contributed by atoms with E-state index in [0.717, 1.165) is 19.5 Å². The first-order valence-electron chi connectivity index (χ1n) is 8.36. The van der Waals surface area contributed by atoms with Gasteiger partial charge in [-0.2, -0.15) is 0 Å². The molecule has 1 amide bonds. The van der Waals surface area contributed by atoms with Crippen LogP contribution in [0.1, 0.15) is 44.5 Å². The summed E-state index contributed by atoms with van der Waals surface area (Å²) < 4.78 is 0. The third-order valence-electron chi connectivity index (χ3n) is 4.08. The van der Waals surface area contributed by atoms with Crippen LogP contribution < -0.4 is 11.1 Å². The molecule has 1 aromatic carbocycles. The molecule has 0 radical (unpaired) electrons. The molecule has 1 aromatic rings. The van der Waals surface area contributed by atoms with Gasteiger partial charge in [-0.1, -0.05) is 27.7 Å². The Labute approximate surface area is 143 Å². The van der Waals surface area contributed by atoms with Crippen molar-refractivity contribution in [2.24, 2.45) is 11.7 Å². The fraction of sp³-hybridized carbons (Fsp3) is 0.588. The van der Waals surface area contributed by atoms with E-state index in [2.05, 4.69) is 37.9 Å². The Bertz CT molecular complexity index is 571. The summed E-state index contributed by atoms with van der Waals surface area (Å²) >= 11 is 0. The first kappa shape index (κ1) is 19.9. The van der Waals surface area contributed by atoms with Crippen molar-refractivity contribution in [1.82, 2.24) is 4.90 Å². The normalized spacial score (nSPS) is 12.4. The maximum absolute atomic E-state index is 11.3. The molecule has 3 N–H and O–H groups in total. The molecule has 7 heteroatoms. The molecule has 0 aromatic heterocycles. The fourth-order valence-corrected chi connectivity index (χ4v) is 2.86. The third-order valence-corrected chi connectivity index (χ3v) is 4.08. The molecule has 134 valence electrons. The largest absolute Gasteiger partial charge is 0.378 e. The highest BCUT2D eigenvalue weighted by Crippen LogP contribution is 2.26. The number of rotatable bonds is 10. The van der Waals surface area contributed by atoms with Gasteiger partial charge >= 0.3 is 0 Å². The van der Waals surface area contributed by atoms with Crippen molar-refractivity contribution < 1.29 is 9.72 Å². The minimum absolute atomic E-state index is 0.130. The topological polar surface area (TPSA) is 102 Å². The van der Waals surface area contributed by atoms with E-state index in [1.54, 1.807) is 6.07 Å². The highest BCUT2D eigenvalue weighted by molar-refractivity contribution is 5.94. The number of hydrogen-bond acceptors (Lipinski definition) is 5. The predicted molar refractivity (Wildman–Crippen MR) is 96.3 cm³/mol. The summed E-state index contributed by atoms with van der Waals surface area (Å²) in [7, 11) is 0. The minimum Gasteiger partial charge on any atom is -0.378 e. The van der Waals surface area contributed by atoms with Crippen LogP contribution in [0.5, 0.6) is 0 Å². The van der Waals surface area contributed by atoms with Gasteiger partial charge in [-0.15, -0.1) is 0 Å². The van der Waals surface area contributed by atoms with Gasteiger partial charge < -0.3 is 11.1 Å². The van der Waals surface area contributed by atoms with E-state index >= 15 is 0 Å². The lowest BCUT2D eigenvalue weighted by Crippen LogP contribution is -2.40. The first-order valence-corrected chi connectivity index (χ1v) is 8.36. The van der Waals surface area contributed by atoms with Gasteiger partial charge in [0.25, 0.3) is 5.69 Å². The maximum atomic E-state index is 11.3. The van der Waals surface area contributed by atoms with E-state index in [1.165, 1.54) is 12.1 Å². The van der Waals surface area contributed by atoms with Crippen LogP contribution in [0.15, 0.2) is 18.2 Å². The molecule has 0 saturated heterocycles. The van der Waals surface area contributed by atoms with Crippen molar-refractivity contribution in [3.05, 3.63) is 33.9 Å². The average molecular weight is 336 g/mol. The number of nitro groups is 1. The Morgan fingerprint density at radius 1 is 1.33 bits per heavy atom. The molecule has 7 nitrogen and oxygen atoms in total. The van der Waals surface area contributed by atoms with Crippen molar-refractivity contribution in [1.29, 1.82) is 0 Å². The van der Waals surface area contributed by atoms with Crippen LogP contribution in [0, 0.1) is 16.0 Å². The Hall–Kier alpha value is -2.15. The second kappa shape index (κ2) is 9.22. The van der Waals surface area contributed by atoms with Crippen LogP contribution in [-0.4, -0.2) is 41.4 Å². The molecule has 0 bridgehead atoms. The number of likely N-dealkylation sites (N-methyl/N-ethyl adjacent to an activating group) is 1. The Morgan fingerprint density at radius 3 is 2.42 bits per heavy atom. The number of nitro benzene ring substituents is 1.